The largest absolute Gasteiger partial charge is 0.416 e. The maximum absolute atomic E-state index is 12.5. The molecule has 0 amide bonds. The zero-order valence-electron chi connectivity index (χ0n) is 10.3. The van der Waals surface area contributed by atoms with Gasteiger partial charge in [0.1, 0.15) is 0 Å². The first-order valence-corrected chi connectivity index (χ1v) is 7.21. The first kappa shape index (κ1) is 15.2. The van der Waals surface area contributed by atoms with Crippen LogP contribution >= 0.6 is 0 Å². The molecule has 0 aliphatic rings. The number of benzene rings is 1. The Morgan fingerprint density at radius 2 is 2.06 bits per heavy atom. The SMILES string of the molecule is CC(CS(C)=O)NCc1cccc(C(F)(F)F)c1. The molecule has 0 spiro atoms. The third-order valence-corrected chi connectivity index (χ3v) is 3.36. The van der Waals surface area contributed by atoms with Gasteiger partial charge in [-0.25, -0.2) is 0 Å². The monoisotopic (exact) mass is 279 g/mol. The second-order valence-corrected chi connectivity index (χ2v) is 5.70. The molecule has 0 radical (unpaired) electrons. The van der Waals surface area contributed by atoms with E-state index in [4.69, 9.17) is 0 Å². The van der Waals surface area contributed by atoms with E-state index in [2.05, 4.69) is 5.32 Å². The molecule has 1 aromatic rings. The zero-order chi connectivity index (χ0) is 13.8. The second kappa shape index (κ2) is 6.33. The Morgan fingerprint density at radius 1 is 1.39 bits per heavy atom. The molecular formula is C12H16F3NOS. The smallest absolute Gasteiger partial charge is 0.309 e. The first-order valence-electron chi connectivity index (χ1n) is 5.48. The minimum Gasteiger partial charge on any atom is -0.309 e. The Kier molecular flexibility index (Phi) is 5.34. The van der Waals surface area contributed by atoms with Crippen molar-refractivity contribution >= 4 is 10.8 Å². The van der Waals surface area contributed by atoms with Gasteiger partial charge in [-0.3, -0.25) is 4.21 Å². The fourth-order valence-corrected chi connectivity index (χ4v) is 2.38. The predicted octanol–water partition coefficient (Wildman–Crippen LogP) is 2.56. The average molecular weight is 279 g/mol. The van der Waals surface area contributed by atoms with Gasteiger partial charge in [-0.1, -0.05) is 18.2 Å². The van der Waals surface area contributed by atoms with E-state index in [-0.39, 0.29) is 6.04 Å². The molecule has 6 heteroatoms. The summed E-state index contributed by atoms with van der Waals surface area (Å²) in [5.41, 5.74) is -0.0768. The van der Waals surface area contributed by atoms with Crippen LogP contribution in [0.15, 0.2) is 24.3 Å². The van der Waals surface area contributed by atoms with E-state index in [0.717, 1.165) is 12.1 Å². The molecule has 2 nitrogen and oxygen atoms in total. The highest BCUT2D eigenvalue weighted by molar-refractivity contribution is 7.84. The van der Waals surface area contributed by atoms with Gasteiger partial charge in [0.15, 0.2) is 0 Å². The van der Waals surface area contributed by atoms with Crippen molar-refractivity contribution in [1.29, 1.82) is 0 Å². The van der Waals surface area contributed by atoms with Gasteiger partial charge in [0, 0.05) is 35.4 Å². The maximum Gasteiger partial charge on any atom is 0.416 e. The Bertz CT molecular complexity index is 420. The molecule has 1 N–H and O–H groups in total. The lowest BCUT2D eigenvalue weighted by atomic mass is 10.1. The minimum absolute atomic E-state index is 0.00498. The van der Waals surface area contributed by atoms with Crippen LogP contribution in [0.25, 0.3) is 0 Å². The quantitative estimate of drug-likeness (QED) is 0.897. The molecule has 0 bridgehead atoms. The van der Waals surface area contributed by atoms with E-state index < -0.39 is 22.5 Å². The molecule has 0 saturated heterocycles. The molecule has 0 heterocycles. The summed E-state index contributed by atoms with van der Waals surface area (Å²) in [6.45, 7) is 2.19. The molecule has 2 atom stereocenters. The normalized spacial score (nSPS) is 15.4. The van der Waals surface area contributed by atoms with Crippen LogP contribution in [0.4, 0.5) is 13.2 Å². The van der Waals surface area contributed by atoms with Gasteiger partial charge in [-0.15, -0.1) is 0 Å². The van der Waals surface area contributed by atoms with Crippen molar-refractivity contribution in [1.82, 2.24) is 5.32 Å². The Balaban J connectivity index is 2.60. The Morgan fingerprint density at radius 3 is 2.61 bits per heavy atom. The van der Waals surface area contributed by atoms with E-state index in [1.807, 2.05) is 6.92 Å². The van der Waals surface area contributed by atoms with Gasteiger partial charge >= 0.3 is 6.18 Å². The van der Waals surface area contributed by atoms with Crippen molar-refractivity contribution in [2.45, 2.75) is 25.7 Å². The highest BCUT2D eigenvalue weighted by Crippen LogP contribution is 2.29. The fraction of sp³-hybridized carbons (Fsp3) is 0.500. The number of alkyl halides is 3. The third kappa shape index (κ3) is 5.18. The van der Waals surface area contributed by atoms with E-state index in [1.165, 1.54) is 6.07 Å². The summed E-state index contributed by atoms with van der Waals surface area (Å²) >= 11 is 0. The number of hydrogen-bond acceptors (Lipinski definition) is 2. The molecule has 0 aliphatic carbocycles. The van der Waals surface area contributed by atoms with Crippen molar-refractivity contribution in [3.8, 4) is 0 Å². The molecule has 1 aromatic carbocycles. The highest BCUT2D eigenvalue weighted by Gasteiger charge is 2.30. The zero-order valence-corrected chi connectivity index (χ0v) is 11.1. The lowest BCUT2D eigenvalue weighted by Crippen LogP contribution is -2.30. The number of hydrogen-bond donors (Lipinski definition) is 1. The minimum atomic E-state index is -4.31. The summed E-state index contributed by atoms with van der Waals surface area (Å²) in [6.07, 6.45) is -2.71. The summed E-state index contributed by atoms with van der Waals surface area (Å²) in [7, 11) is -0.915. The second-order valence-electron chi connectivity index (χ2n) is 4.22. The highest BCUT2D eigenvalue weighted by atomic mass is 32.2. The topological polar surface area (TPSA) is 29.1 Å². The Hall–Kier alpha value is -0.880. The Labute approximate surface area is 107 Å². The number of rotatable bonds is 5. The van der Waals surface area contributed by atoms with E-state index in [1.54, 1.807) is 12.3 Å². The number of halogens is 3. The summed E-state index contributed by atoms with van der Waals surface area (Å²) in [5, 5.41) is 3.05. The molecule has 18 heavy (non-hydrogen) atoms. The molecule has 1 rings (SSSR count). The van der Waals surface area contributed by atoms with Gasteiger partial charge in [-0.05, 0) is 18.6 Å². The van der Waals surface area contributed by atoms with Crippen LogP contribution in [0.5, 0.6) is 0 Å². The maximum atomic E-state index is 12.5. The standard InChI is InChI=1S/C12H16F3NOS/c1-9(8-18(2)17)16-7-10-4-3-5-11(6-10)12(13,14)15/h3-6,9,16H,7-8H2,1-2H3. The molecule has 0 aliphatic heterocycles. The molecule has 0 fully saturated rings. The third-order valence-electron chi connectivity index (χ3n) is 2.39. The van der Waals surface area contributed by atoms with Crippen molar-refractivity contribution < 1.29 is 17.4 Å². The summed E-state index contributed by atoms with van der Waals surface area (Å²) in [5.74, 6) is 0.485. The van der Waals surface area contributed by atoms with Crippen LogP contribution in [-0.2, 0) is 23.5 Å². The molecule has 0 saturated carbocycles. The van der Waals surface area contributed by atoms with Crippen LogP contribution in [0.2, 0.25) is 0 Å². The fourth-order valence-electron chi connectivity index (χ4n) is 1.56. The lowest BCUT2D eigenvalue weighted by Gasteiger charge is -2.13. The van der Waals surface area contributed by atoms with E-state index in [0.29, 0.717) is 17.9 Å². The lowest BCUT2D eigenvalue weighted by molar-refractivity contribution is -0.137. The van der Waals surface area contributed by atoms with Crippen molar-refractivity contribution in [3.63, 3.8) is 0 Å². The van der Waals surface area contributed by atoms with Crippen LogP contribution in [0.3, 0.4) is 0 Å². The van der Waals surface area contributed by atoms with Crippen molar-refractivity contribution in [2.24, 2.45) is 0 Å². The molecular weight excluding hydrogens is 263 g/mol. The van der Waals surface area contributed by atoms with Crippen LogP contribution < -0.4 is 5.32 Å². The molecule has 102 valence electrons. The molecule has 0 aromatic heterocycles. The summed E-state index contributed by atoms with van der Waals surface area (Å²) < 4.78 is 48.4. The summed E-state index contributed by atoms with van der Waals surface area (Å²) in [6, 6.07) is 5.21. The van der Waals surface area contributed by atoms with Gasteiger partial charge in [0.2, 0.25) is 0 Å². The van der Waals surface area contributed by atoms with Gasteiger partial charge in [0.05, 0.1) is 5.56 Å². The van der Waals surface area contributed by atoms with Crippen LogP contribution in [0, 0.1) is 0 Å². The van der Waals surface area contributed by atoms with Crippen molar-refractivity contribution in [3.05, 3.63) is 35.4 Å². The average Bonchev–Trinajstić information content (AvgIpc) is 2.25. The van der Waals surface area contributed by atoms with Crippen LogP contribution in [-0.4, -0.2) is 22.3 Å². The summed E-state index contributed by atoms with van der Waals surface area (Å²) in [4.78, 5) is 0. The van der Waals surface area contributed by atoms with Gasteiger partial charge in [0.25, 0.3) is 0 Å². The van der Waals surface area contributed by atoms with Gasteiger partial charge in [-0.2, -0.15) is 13.2 Å². The van der Waals surface area contributed by atoms with E-state index in [9.17, 15) is 17.4 Å². The number of nitrogens with one attached hydrogen (secondary N) is 1. The molecule has 2 unspecified atom stereocenters. The predicted molar refractivity (Wildman–Crippen MR) is 66.7 cm³/mol. The van der Waals surface area contributed by atoms with Gasteiger partial charge < -0.3 is 5.32 Å². The van der Waals surface area contributed by atoms with E-state index >= 15 is 0 Å². The van der Waals surface area contributed by atoms with Crippen molar-refractivity contribution in [2.75, 3.05) is 12.0 Å². The van der Waals surface area contributed by atoms with Crippen LogP contribution in [0.1, 0.15) is 18.1 Å². The first-order chi connectivity index (χ1) is 8.29.